The smallest absolute Gasteiger partial charge is 0.148 e. The fourth-order valence-electron chi connectivity index (χ4n) is 2.69. The van der Waals surface area contributed by atoms with Gasteiger partial charge in [-0.3, -0.25) is 0 Å². The van der Waals surface area contributed by atoms with Crippen LogP contribution in [0.5, 0.6) is 0 Å². The van der Waals surface area contributed by atoms with E-state index in [4.69, 9.17) is 5.73 Å². The van der Waals surface area contributed by atoms with E-state index in [1.807, 2.05) is 12.1 Å². The number of halogens is 1. The Balaban J connectivity index is 1.97. The molecule has 0 fully saturated rings. The highest BCUT2D eigenvalue weighted by Crippen LogP contribution is 2.32. The Bertz CT molecular complexity index is 608. The predicted octanol–water partition coefficient (Wildman–Crippen LogP) is 4.03. The molecular weight excluding hydrogens is 239 g/mol. The molecule has 0 heterocycles. The number of aryl methyl sites for hydroxylation is 1. The Labute approximate surface area is 112 Å². The summed E-state index contributed by atoms with van der Waals surface area (Å²) in [5.41, 5.74) is 10.4. The summed E-state index contributed by atoms with van der Waals surface area (Å²) in [5.74, 6) is -0.380. The first-order valence-electron chi connectivity index (χ1n) is 6.67. The molecule has 19 heavy (non-hydrogen) atoms. The van der Waals surface area contributed by atoms with Crippen molar-refractivity contribution < 1.29 is 4.39 Å². The van der Waals surface area contributed by atoms with Crippen molar-refractivity contribution in [1.82, 2.24) is 0 Å². The van der Waals surface area contributed by atoms with Gasteiger partial charge in [-0.05, 0) is 55.0 Å². The topological polar surface area (TPSA) is 38.0 Å². The van der Waals surface area contributed by atoms with E-state index in [-0.39, 0.29) is 11.5 Å². The van der Waals surface area contributed by atoms with Gasteiger partial charge in [0.2, 0.25) is 0 Å². The van der Waals surface area contributed by atoms with Crippen LogP contribution in [0.4, 0.5) is 21.5 Å². The van der Waals surface area contributed by atoms with Gasteiger partial charge in [-0.1, -0.05) is 18.2 Å². The number of para-hydroxylation sites is 1. The lowest BCUT2D eigenvalue weighted by molar-refractivity contribution is 0.633. The summed E-state index contributed by atoms with van der Waals surface area (Å²) in [6.45, 7) is 0. The Hall–Kier alpha value is -2.03. The molecule has 3 heteroatoms. The molecule has 0 atom stereocenters. The van der Waals surface area contributed by atoms with Crippen molar-refractivity contribution in [3.05, 3.63) is 53.3 Å². The maximum atomic E-state index is 13.5. The molecular formula is C16H17FN2. The number of anilines is 3. The summed E-state index contributed by atoms with van der Waals surface area (Å²) in [4.78, 5) is 0. The lowest BCUT2D eigenvalue weighted by Gasteiger charge is -2.20. The second kappa shape index (κ2) is 4.92. The van der Waals surface area contributed by atoms with Crippen molar-refractivity contribution in [2.24, 2.45) is 0 Å². The summed E-state index contributed by atoms with van der Waals surface area (Å²) in [5, 5.41) is 3.28. The van der Waals surface area contributed by atoms with Crippen LogP contribution < -0.4 is 11.1 Å². The maximum absolute atomic E-state index is 13.5. The Kier molecular flexibility index (Phi) is 3.11. The number of nitrogens with two attached hydrogens (primary N) is 1. The summed E-state index contributed by atoms with van der Waals surface area (Å²) in [7, 11) is 0. The van der Waals surface area contributed by atoms with Crippen molar-refractivity contribution in [1.29, 1.82) is 0 Å². The van der Waals surface area contributed by atoms with Gasteiger partial charge in [0.1, 0.15) is 5.82 Å². The van der Waals surface area contributed by atoms with E-state index in [0.29, 0.717) is 5.69 Å². The standard InChI is InChI=1S/C16H17FN2/c17-13-8-4-10-15(16(13)18)19-14-9-3-6-11-5-1-2-7-12(11)14/h3-4,6,8-10,19H,1-2,5,7,18H2. The molecule has 3 rings (SSSR count). The van der Waals surface area contributed by atoms with Gasteiger partial charge in [0.15, 0.2) is 0 Å². The third-order valence-electron chi connectivity index (χ3n) is 3.72. The van der Waals surface area contributed by atoms with Gasteiger partial charge in [0.25, 0.3) is 0 Å². The minimum atomic E-state index is -0.380. The van der Waals surface area contributed by atoms with E-state index < -0.39 is 0 Å². The molecule has 0 radical (unpaired) electrons. The number of fused-ring (bicyclic) bond motifs is 1. The van der Waals surface area contributed by atoms with E-state index in [1.165, 1.54) is 30.0 Å². The van der Waals surface area contributed by atoms with E-state index in [2.05, 4.69) is 11.4 Å². The molecule has 0 aromatic heterocycles. The van der Waals surface area contributed by atoms with Gasteiger partial charge in [-0.25, -0.2) is 4.39 Å². The number of hydrogen-bond donors (Lipinski definition) is 2. The van der Waals surface area contributed by atoms with E-state index in [9.17, 15) is 4.39 Å². The number of nitrogen functional groups attached to an aromatic ring is 1. The van der Waals surface area contributed by atoms with Crippen LogP contribution in [0.15, 0.2) is 36.4 Å². The number of nitrogens with one attached hydrogen (secondary N) is 1. The van der Waals surface area contributed by atoms with Crippen molar-refractivity contribution in [2.45, 2.75) is 25.7 Å². The lowest BCUT2D eigenvalue weighted by Crippen LogP contribution is -2.07. The van der Waals surface area contributed by atoms with Crippen LogP contribution in [0.3, 0.4) is 0 Å². The normalized spacial score (nSPS) is 13.9. The second-order valence-electron chi connectivity index (χ2n) is 4.98. The predicted molar refractivity (Wildman–Crippen MR) is 77.2 cm³/mol. The highest BCUT2D eigenvalue weighted by molar-refractivity contribution is 5.74. The summed E-state index contributed by atoms with van der Waals surface area (Å²) in [6.07, 6.45) is 4.67. The first kappa shape index (κ1) is 12.0. The molecule has 0 saturated carbocycles. The van der Waals surface area contributed by atoms with Crippen LogP contribution in [0.1, 0.15) is 24.0 Å². The van der Waals surface area contributed by atoms with Gasteiger partial charge in [0.05, 0.1) is 11.4 Å². The minimum absolute atomic E-state index is 0.177. The molecule has 3 N–H and O–H groups in total. The van der Waals surface area contributed by atoms with Crippen LogP contribution in [0, 0.1) is 5.82 Å². The lowest BCUT2D eigenvalue weighted by atomic mass is 9.90. The van der Waals surface area contributed by atoms with Crippen molar-refractivity contribution in [3.8, 4) is 0 Å². The Morgan fingerprint density at radius 3 is 2.58 bits per heavy atom. The largest absolute Gasteiger partial charge is 0.395 e. The zero-order valence-corrected chi connectivity index (χ0v) is 10.7. The molecule has 98 valence electrons. The zero-order valence-electron chi connectivity index (χ0n) is 10.7. The average molecular weight is 256 g/mol. The number of rotatable bonds is 2. The van der Waals surface area contributed by atoms with E-state index >= 15 is 0 Å². The van der Waals surface area contributed by atoms with Gasteiger partial charge in [0, 0.05) is 5.69 Å². The zero-order chi connectivity index (χ0) is 13.2. The van der Waals surface area contributed by atoms with Crippen molar-refractivity contribution in [3.63, 3.8) is 0 Å². The SMILES string of the molecule is Nc1c(F)cccc1Nc1cccc2c1CCCC2. The highest BCUT2D eigenvalue weighted by Gasteiger charge is 2.14. The third kappa shape index (κ3) is 2.28. The molecule has 1 aliphatic rings. The number of benzene rings is 2. The molecule has 2 aromatic rings. The first-order chi connectivity index (χ1) is 9.25. The molecule has 0 amide bonds. The van der Waals surface area contributed by atoms with Crippen LogP contribution >= 0.6 is 0 Å². The van der Waals surface area contributed by atoms with E-state index in [0.717, 1.165) is 18.5 Å². The molecule has 0 saturated heterocycles. The Morgan fingerprint density at radius 1 is 0.947 bits per heavy atom. The van der Waals surface area contributed by atoms with Gasteiger partial charge >= 0.3 is 0 Å². The fraction of sp³-hybridized carbons (Fsp3) is 0.250. The second-order valence-corrected chi connectivity index (χ2v) is 4.98. The molecule has 2 aromatic carbocycles. The quantitative estimate of drug-likeness (QED) is 0.796. The molecule has 1 aliphatic carbocycles. The summed E-state index contributed by atoms with van der Waals surface area (Å²) >= 11 is 0. The molecule has 2 nitrogen and oxygen atoms in total. The monoisotopic (exact) mass is 256 g/mol. The Morgan fingerprint density at radius 2 is 1.68 bits per heavy atom. The molecule has 0 unspecified atom stereocenters. The van der Waals surface area contributed by atoms with Crippen LogP contribution in [-0.2, 0) is 12.8 Å². The van der Waals surface area contributed by atoms with Crippen molar-refractivity contribution in [2.75, 3.05) is 11.1 Å². The first-order valence-corrected chi connectivity index (χ1v) is 6.67. The molecule has 0 spiro atoms. The van der Waals surface area contributed by atoms with Crippen LogP contribution in [0.25, 0.3) is 0 Å². The molecule has 0 aliphatic heterocycles. The number of hydrogen-bond acceptors (Lipinski definition) is 2. The highest BCUT2D eigenvalue weighted by atomic mass is 19.1. The van der Waals surface area contributed by atoms with Crippen LogP contribution in [-0.4, -0.2) is 0 Å². The summed E-state index contributed by atoms with van der Waals surface area (Å²) in [6, 6.07) is 11.1. The van der Waals surface area contributed by atoms with Gasteiger partial charge < -0.3 is 11.1 Å². The van der Waals surface area contributed by atoms with E-state index in [1.54, 1.807) is 12.1 Å². The fourth-order valence-corrected chi connectivity index (χ4v) is 2.69. The summed E-state index contributed by atoms with van der Waals surface area (Å²) < 4.78 is 13.5. The van der Waals surface area contributed by atoms with Gasteiger partial charge in [-0.15, -0.1) is 0 Å². The average Bonchev–Trinajstić information content (AvgIpc) is 2.44. The molecule has 0 bridgehead atoms. The van der Waals surface area contributed by atoms with Gasteiger partial charge in [-0.2, -0.15) is 0 Å². The van der Waals surface area contributed by atoms with Crippen molar-refractivity contribution >= 4 is 17.1 Å². The minimum Gasteiger partial charge on any atom is -0.395 e. The maximum Gasteiger partial charge on any atom is 0.148 e. The van der Waals surface area contributed by atoms with Crippen LogP contribution in [0.2, 0.25) is 0 Å². The third-order valence-corrected chi connectivity index (χ3v) is 3.72.